The number of allylic oxidation sites excluding steroid dienone is 2. The molecule has 48 heavy (non-hydrogen) atoms. The zero-order chi connectivity index (χ0) is 33.1. The number of ketones is 1. The maximum absolute atomic E-state index is 10.0. The fourth-order valence-corrected chi connectivity index (χ4v) is 4.31. The van der Waals surface area contributed by atoms with Crippen molar-refractivity contribution in [3.8, 4) is 22.5 Å². The molecule has 0 radical (unpaired) electrons. The molecule has 4 aromatic carbocycles. The third kappa shape index (κ3) is 13.5. The first-order chi connectivity index (χ1) is 23.0. The maximum Gasteiger partial charge on any atom is 0.155 e. The van der Waals surface area contributed by atoms with Crippen LogP contribution in [0.3, 0.4) is 0 Å². The van der Waals surface area contributed by atoms with E-state index in [1.807, 2.05) is 97.3 Å². The average Bonchev–Trinajstić information content (AvgIpc) is 3.12. The van der Waals surface area contributed by atoms with Gasteiger partial charge in [-0.1, -0.05) is 133 Å². The Labute approximate surface area is 298 Å². The Morgan fingerprint density at radius 2 is 1.02 bits per heavy atom. The van der Waals surface area contributed by atoms with Crippen molar-refractivity contribution >= 4 is 30.1 Å². The molecule has 0 amide bonds. The molecule has 0 saturated heterocycles. The second kappa shape index (κ2) is 20.6. The van der Waals surface area contributed by atoms with Gasteiger partial charge < -0.3 is 10.1 Å². The smallest absolute Gasteiger partial charge is 0.155 e. The monoisotopic (exact) mass is 808 g/mol. The van der Waals surface area contributed by atoms with Crippen molar-refractivity contribution in [2.24, 2.45) is 0 Å². The zero-order valence-electron chi connectivity index (χ0n) is 26.9. The topological polar surface area (TPSA) is 63.1 Å². The summed E-state index contributed by atoms with van der Waals surface area (Å²) in [5, 5.41) is 8.36. The molecule has 1 N–H and O–H groups in total. The number of rotatable bonds is 7. The first kappa shape index (κ1) is 37.0. The largest absolute Gasteiger partial charge is 0.512 e. The molecular formula is C43H37N2O2Pt-. The van der Waals surface area contributed by atoms with E-state index in [1.165, 1.54) is 31.1 Å². The molecule has 0 aliphatic rings. The fraction of sp³-hybridized carbons (Fsp3) is 0.0465. The van der Waals surface area contributed by atoms with Crippen LogP contribution in [0.2, 0.25) is 0 Å². The van der Waals surface area contributed by atoms with Crippen LogP contribution in [0.25, 0.3) is 46.8 Å². The standard InChI is InChI=1S/C19H15N.C19H14N.C5H8O2.Pt/c2*1-3-7-16(8-4-1)11-12-17-13-14-19(20-15-17)18-9-5-2-6-10-18;1-4(6)3-5(2)7;/h1-15H;1-9,11-15H;3,6H,1-2H3;/q;-1;;/b2*12-11+;;. The summed E-state index contributed by atoms with van der Waals surface area (Å²) in [5.74, 6) is -0.0625. The molecule has 4 nitrogen and oxygen atoms in total. The van der Waals surface area contributed by atoms with Crippen molar-refractivity contribution < 1.29 is 31.0 Å². The summed E-state index contributed by atoms with van der Waals surface area (Å²) in [7, 11) is 0. The van der Waals surface area contributed by atoms with Gasteiger partial charge in [0.1, 0.15) is 0 Å². The molecule has 0 unspecified atom stereocenters. The van der Waals surface area contributed by atoms with Gasteiger partial charge in [-0.2, -0.15) is 0 Å². The van der Waals surface area contributed by atoms with Gasteiger partial charge in [0.25, 0.3) is 0 Å². The molecule has 0 bridgehead atoms. The van der Waals surface area contributed by atoms with Crippen molar-refractivity contribution in [3.05, 3.63) is 192 Å². The molecular weight excluding hydrogens is 772 g/mol. The second-order valence-corrected chi connectivity index (χ2v) is 10.5. The summed E-state index contributed by atoms with van der Waals surface area (Å²) in [6.45, 7) is 2.85. The molecule has 0 aliphatic heterocycles. The van der Waals surface area contributed by atoms with E-state index in [0.29, 0.717) is 0 Å². The van der Waals surface area contributed by atoms with Crippen molar-refractivity contribution in [1.29, 1.82) is 0 Å². The summed E-state index contributed by atoms with van der Waals surface area (Å²) in [6, 6.07) is 50.0. The summed E-state index contributed by atoms with van der Waals surface area (Å²) in [5.41, 5.74) is 8.69. The van der Waals surface area contributed by atoms with Crippen LogP contribution in [-0.2, 0) is 25.9 Å². The van der Waals surface area contributed by atoms with Crippen LogP contribution < -0.4 is 0 Å². The second-order valence-electron chi connectivity index (χ2n) is 10.5. The van der Waals surface area contributed by atoms with Gasteiger partial charge in [0.15, 0.2) is 5.78 Å². The number of pyridine rings is 2. The average molecular weight is 809 g/mol. The molecule has 6 aromatic rings. The zero-order valence-corrected chi connectivity index (χ0v) is 29.2. The molecule has 5 heteroatoms. The van der Waals surface area contributed by atoms with Crippen molar-refractivity contribution in [2.45, 2.75) is 13.8 Å². The number of aromatic nitrogens is 2. The minimum Gasteiger partial charge on any atom is -0.512 e. The normalized spacial score (nSPS) is 10.7. The predicted molar refractivity (Wildman–Crippen MR) is 196 cm³/mol. The Kier molecular flexibility index (Phi) is 15.9. The Bertz CT molecular complexity index is 1740. The quantitative estimate of drug-likeness (QED) is 0.0991. The Morgan fingerprint density at radius 3 is 1.42 bits per heavy atom. The van der Waals surface area contributed by atoms with E-state index < -0.39 is 0 Å². The first-order valence-electron chi connectivity index (χ1n) is 15.2. The molecule has 6 rings (SSSR count). The van der Waals surface area contributed by atoms with E-state index in [9.17, 15) is 4.79 Å². The van der Waals surface area contributed by atoms with Crippen molar-refractivity contribution in [1.82, 2.24) is 9.97 Å². The van der Waals surface area contributed by atoms with Gasteiger partial charge in [-0.15, -0.1) is 35.9 Å². The van der Waals surface area contributed by atoms with E-state index >= 15 is 0 Å². The molecule has 0 spiro atoms. The Morgan fingerprint density at radius 1 is 0.562 bits per heavy atom. The van der Waals surface area contributed by atoms with E-state index in [0.717, 1.165) is 33.6 Å². The number of hydrogen-bond acceptors (Lipinski definition) is 4. The van der Waals surface area contributed by atoms with Crippen molar-refractivity contribution in [3.63, 3.8) is 0 Å². The Balaban J connectivity index is 0.000000215. The number of aliphatic hydroxyl groups is 1. The van der Waals surface area contributed by atoms with Gasteiger partial charge in [-0.05, 0) is 47.9 Å². The fourth-order valence-electron chi connectivity index (χ4n) is 4.31. The number of aliphatic hydroxyl groups excluding tert-OH is 1. The summed E-state index contributed by atoms with van der Waals surface area (Å²) < 4.78 is 0. The predicted octanol–water partition coefficient (Wildman–Crippen LogP) is 10.7. The number of carbonyl (C=O) groups is 1. The van der Waals surface area contributed by atoms with E-state index in [-0.39, 0.29) is 32.6 Å². The van der Waals surface area contributed by atoms with Crippen LogP contribution in [-0.4, -0.2) is 20.9 Å². The number of hydrogen-bond donors (Lipinski definition) is 1. The van der Waals surface area contributed by atoms with Crippen LogP contribution in [0.4, 0.5) is 0 Å². The molecule has 2 aromatic heterocycles. The molecule has 0 aliphatic carbocycles. The molecule has 0 fully saturated rings. The number of carbonyl (C=O) groups excluding carboxylic acids is 1. The summed E-state index contributed by atoms with van der Waals surface area (Å²) >= 11 is 0. The van der Waals surface area contributed by atoms with E-state index in [1.54, 1.807) is 0 Å². The number of benzene rings is 4. The minimum atomic E-state index is -0.125. The molecule has 0 saturated carbocycles. The van der Waals surface area contributed by atoms with Gasteiger partial charge in [0.05, 0.1) is 11.5 Å². The minimum absolute atomic E-state index is 0. The van der Waals surface area contributed by atoms with Gasteiger partial charge in [-0.3, -0.25) is 9.78 Å². The van der Waals surface area contributed by atoms with E-state index in [4.69, 9.17) is 5.11 Å². The SMILES string of the molecule is C(=C\c1ccc(-c2ccccc2)nc1)/c1ccccc1.CC(=O)C=C(C)O.[Pt].[c-]1ccccc1-c1ccc(/C=C/c2ccccc2)cn1. The van der Waals surface area contributed by atoms with Crippen LogP contribution >= 0.6 is 0 Å². The number of nitrogens with zero attached hydrogens (tertiary/aromatic N) is 2. The van der Waals surface area contributed by atoms with E-state index in [2.05, 4.69) is 94.9 Å². The van der Waals surface area contributed by atoms with Crippen LogP contribution in [0.5, 0.6) is 0 Å². The third-order valence-electron chi connectivity index (χ3n) is 6.58. The van der Waals surface area contributed by atoms with Gasteiger partial charge in [0.2, 0.25) is 0 Å². The third-order valence-corrected chi connectivity index (χ3v) is 6.58. The summed E-state index contributed by atoms with van der Waals surface area (Å²) in [6.07, 6.45) is 13.3. The van der Waals surface area contributed by atoms with Crippen LogP contribution in [0, 0.1) is 6.07 Å². The molecule has 242 valence electrons. The van der Waals surface area contributed by atoms with Gasteiger partial charge in [-0.25, -0.2) is 0 Å². The van der Waals surface area contributed by atoms with Gasteiger partial charge >= 0.3 is 0 Å². The Hall–Kier alpha value is -5.44. The van der Waals surface area contributed by atoms with Gasteiger partial charge in [0, 0.05) is 45.1 Å². The first-order valence-corrected chi connectivity index (χ1v) is 15.2. The molecule has 0 atom stereocenters. The van der Waals surface area contributed by atoms with Crippen LogP contribution in [0.15, 0.2) is 164 Å². The maximum atomic E-state index is 10.0. The van der Waals surface area contributed by atoms with Crippen LogP contribution in [0.1, 0.15) is 36.1 Å². The summed E-state index contributed by atoms with van der Waals surface area (Å²) in [4.78, 5) is 19.0. The molecule has 2 heterocycles. The van der Waals surface area contributed by atoms with Crippen molar-refractivity contribution in [2.75, 3.05) is 0 Å².